The molecule has 0 aliphatic carbocycles. The van der Waals surface area contributed by atoms with E-state index in [1.807, 2.05) is 0 Å². The smallest absolute Gasteiger partial charge is 0.181 e. The number of rotatable bonds is 1. The predicted octanol–water partition coefficient (Wildman–Crippen LogP) is 3.48. The van der Waals surface area contributed by atoms with Crippen molar-refractivity contribution in [1.29, 1.82) is 0 Å². The average Bonchev–Trinajstić information content (AvgIpc) is 2.97. The van der Waals surface area contributed by atoms with Crippen molar-refractivity contribution in [2.75, 3.05) is 0 Å². The fraction of sp³-hybridized carbons (Fsp3) is 0.0625. The van der Waals surface area contributed by atoms with Crippen molar-refractivity contribution in [1.82, 2.24) is 19.9 Å². The molecule has 0 unspecified atom stereocenters. The number of hydrogen-bond acceptors (Lipinski definition) is 3. The van der Waals surface area contributed by atoms with Gasteiger partial charge < -0.3 is 4.98 Å². The first-order chi connectivity index (χ1) is 9.84. The Labute approximate surface area is 115 Å². The van der Waals surface area contributed by atoms with E-state index in [-0.39, 0.29) is 0 Å². The van der Waals surface area contributed by atoms with Crippen molar-refractivity contribution < 1.29 is 0 Å². The van der Waals surface area contributed by atoms with E-state index < -0.39 is 0 Å². The summed E-state index contributed by atoms with van der Waals surface area (Å²) in [6.07, 6.45) is 3.21. The molecule has 0 aliphatic heterocycles. The topological polar surface area (TPSA) is 54.5 Å². The minimum atomic E-state index is 0.694. The summed E-state index contributed by atoms with van der Waals surface area (Å²) in [7, 11) is 0. The van der Waals surface area contributed by atoms with Gasteiger partial charge in [0.05, 0.1) is 6.33 Å². The molecule has 0 spiro atoms. The minimum absolute atomic E-state index is 0.694. The number of hydrogen-bond donors (Lipinski definition) is 1. The molecular weight excluding hydrogens is 248 g/mol. The summed E-state index contributed by atoms with van der Waals surface area (Å²) < 4.78 is 0. The van der Waals surface area contributed by atoms with Crippen molar-refractivity contribution in [3.63, 3.8) is 0 Å². The summed E-state index contributed by atoms with van der Waals surface area (Å²) in [4.78, 5) is 15.9. The van der Waals surface area contributed by atoms with Gasteiger partial charge in [-0.25, -0.2) is 15.0 Å². The second-order valence-corrected chi connectivity index (χ2v) is 4.80. The molecule has 2 aromatic heterocycles. The standard InChI is InChI=1S/C16H12N4/c1-10-6-7-13(12-5-3-2-4-11(10)12)14-15-16(19-8-17-14)20-9-18-15/h2-9H,1H3,(H,17,18,19,20). The molecule has 0 fully saturated rings. The number of H-pyrrole nitrogens is 1. The van der Waals surface area contributed by atoms with Crippen LogP contribution in [-0.2, 0) is 0 Å². The Kier molecular flexibility index (Phi) is 2.29. The molecule has 2 aromatic carbocycles. The largest absolute Gasteiger partial charge is 0.341 e. The zero-order chi connectivity index (χ0) is 13.5. The van der Waals surface area contributed by atoms with E-state index in [4.69, 9.17) is 0 Å². The van der Waals surface area contributed by atoms with Crippen LogP contribution in [0.3, 0.4) is 0 Å². The molecule has 0 bridgehead atoms. The zero-order valence-electron chi connectivity index (χ0n) is 11.0. The summed E-state index contributed by atoms with van der Waals surface area (Å²) in [5.74, 6) is 0. The van der Waals surface area contributed by atoms with Crippen LogP contribution in [-0.4, -0.2) is 19.9 Å². The van der Waals surface area contributed by atoms with Crippen molar-refractivity contribution in [3.05, 3.63) is 54.6 Å². The molecule has 4 rings (SSSR count). The van der Waals surface area contributed by atoms with Crippen LogP contribution in [0.5, 0.6) is 0 Å². The molecule has 0 saturated carbocycles. The van der Waals surface area contributed by atoms with Gasteiger partial charge in [0.25, 0.3) is 0 Å². The number of fused-ring (bicyclic) bond motifs is 2. The average molecular weight is 260 g/mol. The molecule has 20 heavy (non-hydrogen) atoms. The monoisotopic (exact) mass is 260 g/mol. The lowest BCUT2D eigenvalue weighted by Crippen LogP contribution is -1.90. The highest BCUT2D eigenvalue weighted by molar-refractivity contribution is 6.02. The van der Waals surface area contributed by atoms with Crippen LogP contribution < -0.4 is 0 Å². The Morgan fingerprint density at radius 2 is 1.75 bits per heavy atom. The molecule has 0 saturated heterocycles. The lowest BCUT2D eigenvalue weighted by atomic mass is 9.98. The van der Waals surface area contributed by atoms with Crippen molar-refractivity contribution in [2.45, 2.75) is 6.92 Å². The lowest BCUT2D eigenvalue weighted by Gasteiger charge is -2.08. The van der Waals surface area contributed by atoms with E-state index in [1.165, 1.54) is 16.3 Å². The normalized spacial score (nSPS) is 11.2. The fourth-order valence-corrected chi connectivity index (χ4v) is 2.63. The summed E-state index contributed by atoms with van der Waals surface area (Å²) >= 11 is 0. The van der Waals surface area contributed by atoms with Crippen LogP contribution in [0.1, 0.15) is 5.56 Å². The van der Waals surface area contributed by atoms with Crippen LogP contribution in [0, 0.1) is 6.92 Å². The van der Waals surface area contributed by atoms with Gasteiger partial charge in [-0.1, -0.05) is 36.4 Å². The predicted molar refractivity (Wildman–Crippen MR) is 79.4 cm³/mol. The van der Waals surface area contributed by atoms with Gasteiger partial charge in [-0.3, -0.25) is 0 Å². The first-order valence-electron chi connectivity index (χ1n) is 6.47. The third kappa shape index (κ3) is 1.51. The van der Waals surface area contributed by atoms with Crippen LogP contribution >= 0.6 is 0 Å². The van der Waals surface area contributed by atoms with Gasteiger partial charge in [0, 0.05) is 5.56 Å². The molecule has 1 N–H and O–H groups in total. The van der Waals surface area contributed by atoms with Crippen LogP contribution in [0.4, 0.5) is 0 Å². The third-order valence-corrected chi connectivity index (χ3v) is 3.62. The molecule has 0 aliphatic rings. The first kappa shape index (κ1) is 11.1. The lowest BCUT2D eigenvalue weighted by molar-refractivity contribution is 1.20. The van der Waals surface area contributed by atoms with Crippen LogP contribution in [0.15, 0.2) is 49.1 Å². The molecular formula is C16H12N4. The summed E-state index contributed by atoms with van der Waals surface area (Å²) in [5, 5.41) is 2.44. The summed E-state index contributed by atoms with van der Waals surface area (Å²) in [6.45, 7) is 2.12. The van der Waals surface area contributed by atoms with Crippen molar-refractivity contribution in [3.8, 4) is 11.3 Å². The number of benzene rings is 2. The maximum Gasteiger partial charge on any atom is 0.181 e. The van der Waals surface area contributed by atoms with E-state index in [0.29, 0.717) is 5.65 Å². The zero-order valence-corrected chi connectivity index (χ0v) is 11.0. The van der Waals surface area contributed by atoms with Crippen LogP contribution in [0.2, 0.25) is 0 Å². The van der Waals surface area contributed by atoms with E-state index in [2.05, 4.69) is 63.3 Å². The van der Waals surface area contributed by atoms with E-state index in [1.54, 1.807) is 12.7 Å². The molecule has 4 nitrogen and oxygen atoms in total. The Balaban J connectivity index is 2.13. The molecule has 4 heteroatoms. The van der Waals surface area contributed by atoms with Gasteiger partial charge in [-0.05, 0) is 23.3 Å². The van der Waals surface area contributed by atoms with Gasteiger partial charge >= 0.3 is 0 Å². The first-order valence-corrected chi connectivity index (χ1v) is 6.47. The van der Waals surface area contributed by atoms with Gasteiger partial charge in [-0.15, -0.1) is 0 Å². The van der Waals surface area contributed by atoms with Gasteiger partial charge in [-0.2, -0.15) is 0 Å². The second-order valence-electron chi connectivity index (χ2n) is 4.80. The third-order valence-electron chi connectivity index (χ3n) is 3.62. The summed E-state index contributed by atoms with van der Waals surface area (Å²) in [5.41, 5.74) is 4.83. The maximum atomic E-state index is 4.45. The Morgan fingerprint density at radius 3 is 2.65 bits per heavy atom. The highest BCUT2D eigenvalue weighted by Gasteiger charge is 2.11. The highest BCUT2D eigenvalue weighted by Crippen LogP contribution is 2.31. The minimum Gasteiger partial charge on any atom is -0.341 e. The van der Waals surface area contributed by atoms with Gasteiger partial charge in [0.2, 0.25) is 0 Å². The van der Waals surface area contributed by atoms with Crippen LogP contribution in [0.25, 0.3) is 33.2 Å². The van der Waals surface area contributed by atoms with E-state index in [9.17, 15) is 0 Å². The molecule has 2 heterocycles. The second kappa shape index (κ2) is 4.13. The molecule has 0 amide bonds. The van der Waals surface area contributed by atoms with Crippen molar-refractivity contribution >= 4 is 21.9 Å². The molecule has 0 atom stereocenters. The molecule has 96 valence electrons. The molecule has 4 aromatic rings. The number of aromatic amines is 1. The number of imidazole rings is 1. The number of aryl methyl sites for hydroxylation is 1. The number of nitrogens with zero attached hydrogens (tertiary/aromatic N) is 3. The highest BCUT2D eigenvalue weighted by atomic mass is 15.0. The van der Waals surface area contributed by atoms with E-state index in [0.717, 1.165) is 16.8 Å². The van der Waals surface area contributed by atoms with Gasteiger partial charge in [0.1, 0.15) is 17.5 Å². The quantitative estimate of drug-likeness (QED) is 0.570. The Bertz CT molecular complexity index is 924. The fourth-order valence-electron chi connectivity index (χ4n) is 2.63. The number of nitrogens with one attached hydrogen (secondary N) is 1. The Hall–Kier alpha value is -2.75. The number of aromatic nitrogens is 4. The maximum absolute atomic E-state index is 4.45. The summed E-state index contributed by atoms with van der Waals surface area (Å²) in [6, 6.07) is 12.6. The SMILES string of the molecule is Cc1ccc(-c2ncnc3nc[nH]c23)c2ccccc12. The van der Waals surface area contributed by atoms with Crippen molar-refractivity contribution in [2.24, 2.45) is 0 Å². The Morgan fingerprint density at radius 1 is 0.900 bits per heavy atom. The van der Waals surface area contributed by atoms with E-state index >= 15 is 0 Å². The van der Waals surface area contributed by atoms with Gasteiger partial charge in [0.15, 0.2) is 5.65 Å². The molecule has 0 radical (unpaired) electrons.